The molecule has 6 heteroatoms. The second-order valence-corrected chi connectivity index (χ2v) is 9.25. The van der Waals surface area contributed by atoms with Crippen LogP contribution in [-0.4, -0.2) is 24.1 Å². The van der Waals surface area contributed by atoms with Crippen LogP contribution in [0.3, 0.4) is 0 Å². The van der Waals surface area contributed by atoms with Crippen LogP contribution in [0.2, 0.25) is 0 Å². The molecule has 3 aromatic heterocycles. The average Bonchev–Trinajstić information content (AvgIpc) is 3.24. The Kier molecular flexibility index (Phi) is 4.68. The third-order valence-electron chi connectivity index (χ3n) is 6.44. The average molecular weight is 382 g/mol. The number of aromatic nitrogens is 5. The van der Waals surface area contributed by atoms with E-state index in [-0.39, 0.29) is 5.56 Å². The Labute approximate surface area is 166 Å². The van der Waals surface area contributed by atoms with Gasteiger partial charge in [0.2, 0.25) is 0 Å². The summed E-state index contributed by atoms with van der Waals surface area (Å²) in [5.41, 5.74) is 2.59. The highest BCUT2D eigenvalue weighted by Gasteiger charge is 2.32. The first kappa shape index (κ1) is 19.0. The molecule has 0 radical (unpaired) electrons. The molecule has 3 aromatic rings. The molecule has 0 unspecified atom stereocenters. The Morgan fingerprint density at radius 3 is 2.50 bits per heavy atom. The highest BCUT2D eigenvalue weighted by Crippen LogP contribution is 2.43. The van der Waals surface area contributed by atoms with Gasteiger partial charge < -0.3 is 9.55 Å². The Morgan fingerprint density at radius 1 is 1.21 bits per heavy atom. The second kappa shape index (κ2) is 6.90. The Bertz CT molecular complexity index is 1040. The standard InChI is InChI=1S/C22H31N5O/c1-6-16-18-21(28)24-19(17-8-7-13-26(17)5)25-27(18)20(23-16)14-9-11-15(12-10-14)22(2,3)4/h7-8,13-15H,6,9-12H2,1-5H3,(H,24,25,28)/t14-,15+. The lowest BCUT2D eigenvalue weighted by molar-refractivity contribution is 0.167. The molecule has 4 rings (SSSR count). The lowest BCUT2D eigenvalue weighted by Crippen LogP contribution is -2.26. The molecule has 1 saturated carbocycles. The van der Waals surface area contributed by atoms with E-state index >= 15 is 0 Å². The molecule has 0 bridgehead atoms. The Balaban J connectivity index is 1.78. The molecule has 3 heterocycles. The van der Waals surface area contributed by atoms with Crippen LogP contribution in [0, 0.1) is 11.3 Å². The van der Waals surface area contributed by atoms with E-state index < -0.39 is 0 Å². The molecule has 0 amide bonds. The second-order valence-electron chi connectivity index (χ2n) is 9.25. The summed E-state index contributed by atoms with van der Waals surface area (Å²) < 4.78 is 3.80. The van der Waals surface area contributed by atoms with E-state index in [1.54, 1.807) is 0 Å². The molecule has 0 saturated heterocycles. The van der Waals surface area contributed by atoms with Crippen LogP contribution in [0.25, 0.3) is 17.0 Å². The predicted molar refractivity (Wildman–Crippen MR) is 112 cm³/mol. The molecule has 0 aromatic carbocycles. The van der Waals surface area contributed by atoms with Gasteiger partial charge in [0.15, 0.2) is 11.3 Å². The van der Waals surface area contributed by atoms with Crippen LogP contribution in [0.15, 0.2) is 23.1 Å². The van der Waals surface area contributed by atoms with E-state index in [1.165, 1.54) is 12.8 Å². The molecule has 28 heavy (non-hydrogen) atoms. The number of nitrogens with one attached hydrogen (secondary N) is 1. The molecule has 1 aliphatic rings. The highest BCUT2D eigenvalue weighted by atomic mass is 16.1. The zero-order chi connectivity index (χ0) is 20.1. The van der Waals surface area contributed by atoms with Crippen molar-refractivity contribution >= 4 is 5.52 Å². The van der Waals surface area contributed by atoms with E-state index in [0.29, 0.717) is 22.7 Å². The quantitative estimate of drug-likeness (QED) is 0.735. The molecule has 6 nitrogen and oxygen atoms in total. The van der Waals surface area contributed by atoms with E-state index in [9.17, 15) is 4.79 Å². The van der Waals surface area contributed by atoms with Crippen molar-refractivity contribution < 1.29 is 0 Å². The summed E-state index contributed by atoms with van der Waals surface area (Å²) in [5, 5.41) is 4.83. The van der Waals surface area contributed by atoms with E-state index in [0.717, 1.165) is 42.4 Å². The minimum absolute atomic E-state index is 0.106. The summed E-state index contributed by atoms with van der Waals surface area (Å²) in [5.74, 6) is 2.66. The number of fused-ring (bicyclic) bond motifs is 1. The van der Waals surface area contributed by atoms with Crippen molar-refractivity contribution in [2.24, 2.45) is 18.4 Å². The molecule has 1 fully saturated rings. The van der Waals surface area contributed by atoms with Gasteiger partial charge in [0.25, 0.3) is 5.56 Å². The zero-order valence-corrected chi connectivity index (χ0v) is 17.6. The van der Waals surface area contributed by atoms with Gasteiger partial charge >= 0.3 is 0 Å². The van der Waals surface area contributed by atoms with Gasteiger partial charge in [0.1, 0.15) is 5.82 Å². The SMILES string of the molecule is CCc1nc([C@H]2CC[C@@H](C(C)(C)C)CC2)n2nc(-c3cccn3C)[nH]c(=O)c12. The first-order valence-corrected chi connectivity index (χ1v) is 10.4. The number of nitrogens with zero attached hydrogens (tertiary/aromatic N) is 4. The lowest BCUT2D eigenvalue weighted by atomic mass is 9.70. The predicted octanol–water partition coefficient (Wildman–Crippen LogP) is 4.31. The molecule has 0 aliphatic heterocycles. The topological polar surface area (TPSA) is 68.0 Å². The summed E-state index contributed by atoms with van der Waals surface area (Å²) in [6.45, 7) is 9.06. The van der Waals surface area contributed by atoms with Crippen LogP contribution in [0.5, 0.6) is 0 Å². The van der Waals surface area contributed by atoms with Gasteiger partial charge in [-0.2, -0.15) is 0 Å². The number of hydrogen-bond donors (Lipinski definition) is 1. The maximum atomic E-state index is 12.9. The fourth-order valence-corrected chi connectivity index (χ4v) is 4.65. The van der Waals surface area contributed by atoms with Gasteiger partial charge in [-0.1, -0.05) is 27.7 Å². The number of aromatic amines is 1. The van der Waals surface area contributed by atoms with Gasteiger partial charge in [-0.3, -0.25) is 4.79 Å². The van der Waals surface area contributed by atoms with Gasteiger partial charge in [0.05, 0.1) is 11.4 Å². The van der Waals surface area contributed by atoms with Crippen molar-refractivity contribution in [2.75, 3.05) is 0 Å². The normalized spacial score (nSPS) is 20.8. The molecule has 0 atom stereocenters. The van der Waals surface area contributed by atoms with Gasteiger partial charge in [0, 0.05) is 19.2 Å². The number of H-pyrrole nitrogens is 1. The number of hydrogen-bond acceptors (Lipinski definition) is 3. The first-order valence-electron chi connectivity index (χ1n) is 10.4. The highest BCUT2D eigenvalue weighted by molar-refractivity contribution is 5.56. The summed E-state index contributed by atoms with van der Waals surface area (Å²) in [7, 11) is 1.96. The van der Waals surface area contributed by atoms with Crippen molar-refractivity contribution in [3.05, 3.63) is 40.2 Å². The van der Waals surface area contributed by atoms with Gasteiger partial charge in [-0.15, -0.1) is 5.10 Å². The van der Waals surface area contributed by atoms with Crippen LogP contribution in [-0.2, 0) is 13.5 Å². The molecule has 0 spiro atoms. The smallest absolute Gasteiger partial charge is 0.277 e. The van der Waals surface area contributed by atoms with Crippen LogP contribution in [0.4, 0.5) is 0 Å². The largest absolute Gasteiger partial charge is 0.348 e. The molecule has 150 valence electrons. The molecule has 1 aliphatic carbocycles. The number of aryl methyl sites for hydroxylation is 2. The summed E-state index contributed by atoms with van der Waals surface area (Å²) >= 11 is 0. The van der Waals surface area contributed by atoms with Crippen molar-refractivity contribution in [3.8, 4) is 11.5 Å². The van der Waals surface area contributed by atoms with Gasteiger partial charge in [-0.25, -0.2) is 9.50 Å². The fourth-order valence-electron chi connectivity index (χ4n) is 4.65. The van der Waals surface area contributed by atoms with E-state index in [4.69, 9.17) is 10.1 Å². The Morgan fingerprint density at radius 2 is 1.93 bits per heavy atom. The molecular weight excluding hydrogens is 350 g/mol. The summed E-state index contributed by atoms with van der Waals surface area (Å²) in [6.07, 6.45) is 7.32. The third-order valence-corrected chi connectivity index (χ3v) is 6.44. The van der Waals surface area contributed by atoms with E-state index in [2.05, 4.69) is 25.8 Å². The lowest BCUT2D eigenvalue weighted by Gasteiger charge is -2.36. The number of imidazole rings is 1. The van der Waals surface area contributed by atoms with Crippen molar-refractivity contribution in [1.29, 1.82) is 0 Å². The molecular formula is C22H31N5O. The van der Waals surface area contributed by atoms with Crippen LogP contribution in [0.1, 0.15) is 70.8 Å². The van der Waals surface area contributed by atoms with Crippen LogP contribution >= 0.6 is 0 Å². The Hall–Kier alpha value is -2.37. The minimum Gasteiger partial charge on any atom is -0.348 e. The van der Waals surface area contributed by atoms with Crippen LogP contribution < -0.4 is 5.56 Å². The fraction of sp³-hybridized carbons (Fsp3) is 0.591. The minimum atomic E-state index is -0.106. The number of rotatable bonds is 3. The first-order chi connectivity index (χ1) is 13.3. The van der Waals surface area contributed by atoms with Crippen molar-refractivity contribution in [1.82, 2.24) is 24.1 Å². The maximum absolute atomic E-state index is 12.9. The van der Waals surface area contributed by atoms with Gasteiger partial charge in [-0.05, 0) is 55.6 Å². The third kappa shape index (κ3) is 3.19. The summed E-state index contributed by atoms with van der Waals surface area (Å²) in [4.78, 5) is 20.8. The van der Waals surface area contributed by atoms with Crippen molar-refractivity contribution in [2.45, 2.75) is 65.7 Å². The maximum Gasteiger partial charge on any atom is 0.277 e. The van der Waals surface area contributed by atoms with E-state index in [1.807, 2.05) is 41.4 Å². The zero-order valence-electron chi connectivity index (χ0n) is 17.6. The van der Waals surface area contributed by atoms with Crippen molar-refractivity contribution in [3.63, 3.8) is 0 Å². The molecule has 1 N–H and O–H groups in total. The summed E-state index contributed by atoms with van der Waals surface area (Å²) in [6, 6.07) is 3.93. The monoisotopic (exact) mass is 381 g/mol.